The third-order valence-electron chi connectivity index (χ3n) is 1.36. The van der Waals surface area contributed by atoms with Gasteiger partial charge < -0.3 is 20.9 Å². The third-order valence-corrected chi connectivity index (χ3v) is 1.36. The number of ether oxygens (including phenoxy) is 1. The molecule has 1 amide bonds. The van der Waals surface area contributed by atoms with Gasteiger partial charge in [0.2, 0.25) is 5.91 Å². The number of aliphatic hydroxyl groups excluding tert-OH is 1. The molecule has 0 aromatic carbocycles. The average molecular weight is 230 g/mol. The zero-order valence-electron chi connectivity index (χ0n) is 7.88. The molecule has 0 aliphatic heterocycles. The maximum atomic E-state index is 11.6. The molecule has 15 heavy (non-hydrogen) atoms. The van der Waals surface area contributed by atoms with Crippen molar-refractivity contribution in [1.82, 2.24) is 5.32 Å². The fourth-order valence-electron chi connectivity index (χ4n) is 0.672. The lowest BCUT2D eigenvalue weighted by Crippen LogP contribution is -2.38. The van der Waals surface area contributed by atoms with Crippen molar-refractivity contribution in [3.05, 3.63) is 0 Å². The molecule has 0 saturated carbocycles. The first-order valence-corrected chi connectivity index (χ1v) is 4.15. The Kier molecular flexibility index (Phi) is 6.21. The van der Waals surface area contributed by atoms with E-state index in [1.54, 1.807) is 0 Å². The Balaban J connectivity index is 3.29. The first-order chi connectivity index (χ1) is 6.83. The van der Waals surface area contributed by atoms with Gasteiger partial charge in [0.1, 0.15) is 12.7 Å². The van der Waals surface area contributed by atoms with Crippen molar-refractivity contribution in [2.45, 2.75) is 12.3 Å². The molecule has 5 nitrogen and oxygen atoms in total. The number of carbonyl (C=O) groups is 1. The number of primary amides is 1. The lowest BCUT2D eigenvalue weighted by molar-refractivity contribution is -0.173. The summed E-state index contributed by atoms with van der Waals surface area (Å²) >= 11 is 0. The standard InChI is InChI=1S/C7H13F3N2O3/c8-7(9,10)4-15-2-1-12-3-5(13)6(11)14/h5,12-13H,1-4H2,(H2,11,14). The maximum Gasteiger partial charge on any atom is 0.411 e. The lowest BCUT2D eigenvalue weighted by atomic mass is 10.3. The summed E-state index contributed by atoms with van der Waals surface area (Å²) in [5.74, 6) is -0.890. The quantitative estimate of drug-likeness (QED) is 0.490. The molecule has 0 aromatic rings. The summed E-state index contributed by atoms with van der Waals surface area (Å²) in [7, 11) is 0. The number of hydrogen-bond acceptors (Lipinski definition) is 4. The molecule has 0 aliphatic rings. The van der Waals surface area contributed by atoms with Crippen molar-refractivity contribution in [2.24, 2.45) is 5.73 Å². The second kappa shape index (κ2) is 6.59. The van der Waals surface area contributed by atoms with Gasteiger partial charge in [-0.05, 0) is 0 Å². The van der Waals surface area contributed by atoms with Gasteiger partial charge >= 0.3 is 6.18 Å². The average Bonchev–Trinajstić information content (AvgIpc) is 2.08. The minimum absolute atomic E-state index is 0.0976. The molecule has 1 atom stereocenters. The van der Waals surface area contributed by atoms with Crippen LogP contribution < -0.4 is 11.1 Å². The van der Waals surface area contributed by atoms with Crippen LogP contribution in [0.1, 0.15) is 0 Å². The Hall–Kier alpha value is -0.860. The smallest absolute Gasteiger partial charge is 0.382 e. The van der Waals surface area contributed by atoms with Crippen molar-refractivity contribution in [3.8, 4) is 0 Å². The number of nitrogens with one attached hydrogen (secondary N) is 1. The van der Waals surface area contributed by atoms with E-state index in [9.17, 15) is 18.0 Å². The van der Waals surface area contributed by atoms with E-state index in [4.69, 9.17) is 10.8 Å². The third kappa shape index (κ3) is 9.44. The van der Waals surface area contributed by atoms with Gasteiger partial charge in [-0.1, -0.05) is 0 Å². The van der Waals surface area contributed by atoms with Crippen molar-refractivity contribution < 1.29 is 27.8 Å². The summed E-state index contributed by atoms with van der Waals surface area (Å²) in [6, 6.07) is 0. The predicted molar refractivity (Wildman–Crippen MR) is 44.9 cm³/mol. The van der Waals surface area contributed by atoms with Crippen molar-refractivity contribution in [2.75, 3.05) is 26.3 Å². The molecule has 0 fully saturated rings. The van der Waals surface area contributed by atoms with Crippen molar-refractivity contribution in [3.63, 3.8) is 0 Å². The van der Waals surface area contributed by atoms with Crippen LogP contribution in [0.3, 0.4) is 0 Å². The minimum Gasteiger partial charge on any atom is -0.382 e. The monoisotopic (exact) mass is 230 g/mol. The molecule has 0 heterocycles. The molecule has 0 radical (unpaired) electrons. The van der Waals surface area contributed by atoms with E-state index >= 15 is 0 Å². The predicted octanol–water partition coefficient (Wildman–Crippen LogP) is -0.999. The Morgan fingerprint density at radius 2 is 2.13 bits per heavy atom. The Bertz CT molecular complexity index is 198. The number of carbonyl (C=O) groups excluding carboxylic acids is 1. The van der Waals surface area contributed by atoms with Gasteiger partial charge in [0.05, 0.1) is 6.61 Å². The van der Waals surface area contributed by atoms with Gasteiger partial charge in [-0.15, -0.1) is 0 Å². The molecular formula is C7H13F3N2O3. The molecule has 8 heteroatoms. The molecular weight excluding hydrogens is 217 g/mol. The number of halogens is 3. The highest BCUT2D eigenvalue weighted by Crippen LogP contribution is 2.13. The largest absolute Gasteiger partial charge is 0.411 e. The summed E-state index contributed by atoms with van der Waals surface area (Å²) in [4.78, 5) is 10.3. The number of amides is 1. The van der Waals surface area contributed by atoms with E-state index in [1.165, 1.54) is 0 Å². The summed E-state index contributed by atoms with van der Waals surface area (Å²) < 4.78 is 38.9. The fraction of sp³-hybridized carbons (Fsp3) is 0.857. The molecule has 0 aromatic heterocycles. The van der Waals surface area contributed by atoms with Gasteiger partial charge in [0.25, 0.3) is 0 Å². The van der Waals surface area contributed by atoms with Crippen LogP contribution in [0.2, 0.25) is 0 Å². The molecule has 0 saturated heterocycles. The summed E-state index contributed by atoms with van der Waals surface area (Å²) in [6.45, 7) is -1.48. The van der Waals surface area contributed by atoms with Gasteiger partial charge in [-0.25, -0.2) is 0 Å². The van der Waals surface area contributed by atoms with Crippen LogP contribution in [0.4, 0.5) is 13.2 Å². The maximum absolute atomic E-state index is 11.6. The molecule has 0 rings (SSSR count). The lowest BCUT2D eigenvalue weighted by Gasteiger charge is -2.09. The topological polar surface area (TPSA) is 84.6 Å². The molecule has 0 aliphatic carbocycles. The zero-order valence-corrected chi connectivity index (χ0v) is 7.88. The van der Waals surface area contributed by atoms with E-state index in [2.05, 4.69) is 10.1 Å². The summed E-state index contributed by atoms with van der Waals surface area (Å²) in [5, 5.41) is 11.4. The van der Waals surface area contributed by atoms with Crippen LogP contribution in [0.15, 0.2) is 0 Å². The first kappa shape index (κ1) is 14.1. The first-order valence-electron chi connectivity index (χ1n) is 4.15. The van der Waals surface area contributed by atoms with Gasteiger partial charge in [-0.3, -0.25) is 4.79 Å². The number of rotatable bonds is 7. The van der Waals surface area contributed by atoms with Crippen LogP contribution in [0, 0.1) is 0 Å². The van der Waals surface area contributed by atoms with E-state index in [0.29, 0.717) is 0 Å². The molecule has 1 unspecified atom stereocenters. The Morgan fingerprint density at radius 3 is 2.60 bits per heavy atom. The Morgan fingerprint density at radius 1 is 1.53 bits per heavy atom. The van der Waals surface area contributed by atoms with Gasteiger partial charge in [0.15, 0.2) is 0 Å². The van der Waals surface area contributed by atoms with Crippen LogP contribution in [0.5, 0.6) is 0 Å². The highest BCUT2D eigenvalue weighted by Gasteiger charge is 2.27. The van der Waals surface area contributed by atoms with E-state index in [1.807, 2.05) is 0 Å². The van der Waals surface area contributed by atoms with E-state index < -0.39 is 24.8 Å². The molecule has 0 bridgehead atoms. The number of alkyl halides is 3. The highest BCUT2D eigenvalue weighted by atomic mass is 19.4. The second-order valence-corrected chi connectivity index (χ2v) is 2.79. The van der Waals surface area contributed by atoms with E-state index in [0.717, 1.165) is 0 Å². The molecule has 0 spiro atoms. The van der Waals surface area contributed by atoms with Gasteiger partial charge in [0, 0.05) is 13.1 Å². The fourth-order valence-corrected chi connectivity index (χ4v) is 0.672. The number of nitrogens with two attached hydrogens (primary N) is 1. The Labute approximate surface area is 84.4 Å². The minimum atomic E-state index is -4.34. The zero-order chi connectivity index (χ0) is 11.9. The summed E-state index contributed by atoms with van der Waals surface area (Å²) in [6.07, 6.45) is -5.68. The van der Waals surface area contributed by atoms with Gasteiger partial charge in [-0.2, -0.15) is 13.2 Å². The molecule has 90 valence electrons. The second-order valence-electron chi connectivity index (χ2n) is 2.79. The van der Waals surface area contributed by atoms with Crippen molar-refractivity contribution >= 4 is 5.91 Å². The normalized spacial score (nSPS) is 13.9. The van der Waals surface area contributed by atoms with Crippen LogP contribution in [0.25, 0.3) is 0 Å². The van der Waals surface area contributed by atoms with Crippen molar-refractivity contribution in [1.29, 1.82) is 0 Å². The molecule has 4 N–H and O–H groups in total. The summed E-state index contributed by atoms with van der Waals surface area (Å²) in [5.41, 5.74) is 4.73. The SMILES string of the molecule is NC(=O)C(O)CNCCOCC(F)(F)F. The van der Waals surface area contributed by atoms with Crippen LogP contribution >= 0.6 is 0 Å². The van der Waals surface area contributed by atoms with Crippen LogP contribution in [-0.4, -0.2) is 49.6 Å². The van der Waals surface area contributed by atoms with E-state index in [-0.39, 0.29) is 19.7 Å². The number of hydrogen-bond donors (Lipinski definition) is 3. The number of aliphatic hydroxyl groups is 1. The highest BCUT2D eigenvalue weighted by molar-refractivity contribution is 5.78. The van der Waals surface area contributed by atoms with Crippen LogP contribution in [-0.2, 0) is 9.53 Å².